The first kappa shape index (κ1) is 24.6. The number of sulfonamides is 1. The minimum Gasteiger partial charge on any atom is -0.491 e. The maximum atomic E-state index is 13.1. The molecule has 1 fully saturated rings. The van der Waals surface area contributed by atoms with Gasteiger partial charge >= 0.3 is 11.8 Å². The summed E-state index contributed by atoms with van der Waals surface area (Å²) < 4.78 is 34.7. The predicted octanol–water partition coefficient (Wildman–Crippen LogP) is 3.38. The van der Waals surface area contributed by atoms with Gasteiger partial charge in [-0.1, -0.05) is 0 Å². The Morgan fingerprint density at radius 2 is 1.86 bits per heavy atom. The van der Waals surface area contributed by atoms with Crippen LogP contribution in [0.25, 0.3) is 11.0 Å². The molecule has 12 heteroatoms. The Kier molecular flexibility index (Phi) is 6.77. The van der Waals surface area contributed by atoms with E-state index < -0.39 is 20.9 Å². The third kappa shape index (κ3) is 5.13. The highest BCUT2D eigenvalue weighted by atomic mass is 32.2. The van der Waals surface area contributed by atoms with Crippen LogP contribution >= 0.6 is 0 Å². The number of benzene rings is 1. The van der Waals surface area contributed by atoms with E-state index in [9.17, 15) is 28.4 Å². The molecule has 11 nitrogen and oxygen atoms in total. The second-order valence-electron chi connectivity index (χ2n) is 8.72. The monoisotopic (exact) mass is 502 g/mol. The van der Waals surface area contributed by atoms with Crippen molar-refractivity contribution >= 4 is 32.8 Å². The average molecular weight is 503 g/mol. The summed E-state index contributed by atoms with van der Waals surface area (Å²) in [6, 6.07) is 9.24. The molecule has 0 spiro atoms. The zero-order chi connectivity index (χ0) is 25.3. The van der Waals surface area contributed by atoms with Gasteiger partial charge in [0.25, 0.3) is 5.65 Å². The number of fused-ring (bicyclic) bond motifs is 1. The number of hydrogen-bond acceptors (Lipinski definition) is 7. The number of hydrogen-bond donors (Lipinski definition) is 1. The van der Waals surface area contributed by atoms with Crippen LogP contribution < -0.4 is 4.74 Å². The number of carboxylic acid groups (broad SMARTS) is 1. The number of rotatable bonds is 8. The Morgan fingerprint density at radius 1 is 1.20 bits per heavy atom. The number of piperidine rings is 1. The van der Waals surface area contributed by atoms with Gasteiger partial charge in [0.1, 0.15) is 12.3 Å². The fourth-order valence-corrected chi connectivity index (χ4v) is 5.86. The Morgan fingerprint density at radius 3 is 2.43 bits per heavy atom. The van der Waals surface area contributed by atoms with Gasteiger partial charge in [0.2, 0.25) is 10.0 Å². The molecule has 0 bridgehead atoms. The van der Waals surface area contributed by atoms with Crippen molar-refractivity contribution in [2.24, 2.45) is 0 Å². The number of carbonyl (C=O) groups is 1. The van der Waals surface area contributed by atoms with E-state index in [1.807, 2.05) is 13.8 Å². The van der Waals surface area contributed by atoms with Crippen LogP contribution in [-0.2, 0) is 21.4 Å². The summed E-state index contributed by atoms with van der Waals surface area (Å²) in [5, 5.41) is 21.0. The van der Waals surface area contributed by atoms with Gasteiger partial charge in [0, 0.05) is 30.7 Å². The maximum Gasteiger partial charge on any atom is 0.365 e. The molecular formula is C23H26N4O7S. The number of nitro groups is 1. The number of aliphatic carboxylic acids is 1. The predicted molar refractivity (Wildman–Crippen MR) is 127 cm³/mol. The molecule has 0 aliphatic carbocycles. The van der Waals surface area contributed by atoms with E-state index in [1.165, 1.54) is 27.1 Å². The van der Waals surface area contributed by atoms with Crippen LogP contribution in [0.15, 0.2) is 47.5 Å². The lowest BCUT2D eigenvalue weighted by Crippen LogP contribution is -2.37. The van der Waals surface area contributed by atoms with E-state index in [0.717, 1.165) is 5.56 Å². The van der Waals surface area contributed by atoms with Gasteiger partial charge in [-0.25, -0.2) is 8.42 Å². The maximum absolute atomic E-state index is 13.1. The van der Waals surface area contributed by atoms with Gasteiger partial charge in [-0.3, -0.25) is 4.79 Å². The highest BCUT2D eigenvalue weighted by molar-refractivity contribution is 7.89. The van der Waals surface area contributed by atoms with Crippen molar-refractivity contribution in [3.05, 3.63) is 58.3 Å². The van der Waals surface area contributed by atoms with E-state index >= 15 is 0 Å². The molecule has 1 N–H and O–H groups in total. The van der Waals surface area contributed by atoms with Crippen molar-refractivity contribution in [2.75, 3.05) is 13.1 Å². The molecule has 186 valence electrons. The highest BCUT2D eigenvalue weighted by Gasteiger charge is 2.32. The highest BCUT2D eigenvalue weighted by Crippen LogP contribution is 2.36. The molecule has 0 radical (unpaired) electrons. The van der Waals surface area contributed by atoms with Crippen LogP contribution in [0.5, 0.6) is 5.75 Å². The minimum absolute atomic E-state index is 0.0146. The Labute approximate surface area is 202 Å². The van der Waals surface area contributed by atoms with Crippen molar-refractivity contribution in [1.29, 1.82) is 0 Å². The topological polar surface area (TPSA) is 145 Å². The lowest BCUT2D eigenvalue weighted by Gasteiger charge is -2.31. The van der Waals surface area contributed by atoms with Gasteiger partial charge in [0.05, 0.1) is 11.0 Å². The summed E-state index contributed by atoms with van der Waals surface area (Å²) in [5.41, 5.74) is 1.05. The first-order valence-corrected chi connectivity index (χ1v) is 12.6. The summed E-state index contributed by atoms with van der Waals surface area (Å²) in [6.45, 7) is 4.00. The van der Waals surface area contributed by atoms with Crippen molar-refractivity contribution in [3.63, 3.8) is 0 Å². The molecular weight excluding hydrogens is 476 g/mol. The molecule has 3 heterocycles. The summed E-state index contributed by atoms with van der Waals surface area (Å²) in [5.74, 6) is -0.889. The van der Waals surface area contributed by atoms with E-state index in [2.05, 4.69) is 4.98 Å². The molecule has 1 aliphatic rings. The average Bonchev–Trinajstić information content (AvgIpc) is 3.16. The Balaban J connectivity index is 1.54. The van der Waals surface area contributed by atoms with E-state index in [4.69, 9.17) is 4.74 Å². The fourth-order valence-electron chi connectivity index (χ4n) is 4.39. The van der Waals surface area contributed by atoms with Crippen molar-refractivity contribution in [2.45, 2.75) is 50.2 Å². The van der Waals surface area contributed by atoms with Crippen LogP contribution in [0.3, 0.4) is 0 Å². The second-order valence-corrected chi connectivity index (χ2v) is 10.7. The first-order valence-electron chi connectivity index (χ1n) is 11.2. The van der Waals surface area contributed by atoms with Crippen LogP contribution in [0.1, 0.15) is 38.2 Å². The summed E-state index contributed by atoms with van der Waals surface area (Å²) in [6.07, 6.45) is 2.70. The summed E-state index contributed by atoms with van der Waals surface area (Å²) >= 11 is 0. The van der Waals surface area contributed by atoms with Gasteiger partial charge in [0.15, 0.2) is 0 Å². The molecule has 1 aromatic carbocycles. The molecule has 2 aromatic heterocycles. The second kappa shape index (κ2) is 9.62. The van der Waals surface area contributed by atoms with E-state index in [-0.39, 0.29) is 34.9 Å². The molecule has 3 aromatic rings. The molecule has 4 rings (SSSR count). The van der Waals surface area contributed by atoms with Crippen LogP contribution in [-0.4, -0.2) is 57.5 Å². The first-order chi connectivity index (χ1) is 16.6. The molecule has 0 unspecified atom stereocenters. The van der Waals surface area contributed by atoms with Crippen molar-refractivity contribution < 1.29 is 28.0 Å². The van der Waals surface area contributed by atoms with Gasteiger partial charge in [-0.15, -0.1) is 0 Å². The lowest BCUT2D eigenvalue weighted by molar-refractivity contribution is -0.389. The summed E-state index contributed by atoms with van der Waals surface area (Å²) in [7, 11) is -3.67. The molecule has 0 saturated carbocycles. The number of pyridine rings is 1. The Bertz CT molecular complexity index is 1360. The third-order valence-corrected chi connectivity index (χ3v) is 7.87. The normalized spacial score (nSPS) is 15.5. The van der Waals surface area contributed by atoms with Crippen LogP contribution in [0.4, 0.5) is 5.82 Å². The standard InChI is InChI=1S/C23H26N4O7S/c1-15(2)34-17-3-5-18(6-4-17)35(32,33)26-11-9-16(10-12-26)20-13-25(14-22(28)29)23-19(20)7-8-21(24-23)27(30)31/h3-8,13,15-16H,9-12,14H2,1-2H3,(H,28,29). The molecule has 35 heavy (non-hydrogen) atoms. The fraction of sp³-hybridized carbons (Fsp3) is 0.391. The minimum atomic E-state index is -3.67. The molecule has 1 saturated heterocycles. The van der Waals surface area contributed by atoms with Crippen molar-refractivity contribution in [3.8, 4) is 5.75 Å². The molecule has 0 atom stereocenters. The number of nitrogens with zero attached hydrogens (tertiary/aromatic N) is 4. The summed E-state index contributed by atoms with van der Waals surface area (Å²) in [4.78, 5) is 26.1. The van der Waals surface area contributed by atoms with E-state index in [0.29, 0.717) is 37.1 Å². The zero-order valence-electron chi connectivity index (χ0n) is 19.3. The molecule has 0 amide bonds. The van der Waals surface area contributed by atoms with Crippen molar-refractivity contribution in [1.82, 2.24) is 13.9 Å². The number of carboxylic acids is 1. The zero-order valence-corrected chi connectivity index (χ0v) is 20.1. The number of aromatic nitrogens is 2. The Hall–Kier alpha value is -3.51. The third-order valence-electron chi connectivity index (χ3n) is 5.96. The van der Waals surface area contributed by atoms with Crippen LogP contribution in [0.2, 0.25) is 0 Å². The van der Waals surface area contributed by atoms with Gasteiger partial charge in [-0.05, 0) is 78.4 Å². The SMILES string of the molecule is CC(C)Oc1ccc(S(=O)(=O)N2CCC(c3cn(CC(=O)O)c4nc([N+](=O)[O-])ccc34)CC2)cc1. The number of ether oxygens (including phenoxy) is 1. The van der Waals surface area contributed by atoms with E-state index in [1.54, 1.807) is 24.4 Å². The smallest absolute Gasteiger partial charge is 0.365 e. The van der Waals surface area contributed by atoms with Gasteiger partial charge in [-0.2, -0.15) is 4.31 Å². The lowest BCUT2D eigenvalue weighted by atomic mass is 9.90. The van der Waals surface area contributed by atoms with Gasteiger partial charge < -0.3 is 24.5 Å². The molecule has 1 aliphatic heterocycles. The van der Waals surface area contributed by atoms with Crippen LogP contribution in [0, 0.1) is 10.1 Å². The largest absolute Gasteiger partial charge is 0.491 e. The quantitative estimate of drug-likeness (QED) is 0.364.